The number of carbonyl (C=O) groups excluding carboxylic acids is 1. The van der Waals surface area contributed by atoms with Gasteiger partial charge in [-0.15, -0.1) is 0 Å². The quantitative estimate of drug-likeness (QED) is 0.695. The first-order chi connectivity index (χ1) is 7.25. The number of aryl methyl sites for hydroxylation is 1. The summed E-state index contributed by atoms with van der Waals surface area (Å²) in [5.74, 6) is 2.06. The Morgan fingerprint density at radius 1 is 1.53 bits per heavy atom. The number of hydrogen-bond acceptors (Lipinski definition) is 2. The van der Waals surface area contributed by atoms with Gasteiger partial charge in [-0.2, -0.15) is 0 Å². The minimum atomic E-state index is 0.437. The van der Waals surface area contributed by atoms with Crippen molar-refractivity contribution in [3.63, 3.8) is 0 Å². The van der Waals surface area contributed by atoms with E-state index in [1.807, 2.05) is 19.4 Å². The molecule has 1 aliphatic rings. The van der Waals surface area contributed by atoms with E-state index in [0.717, 1.165) is 31.5 Å². The summed E-state index contributed by atoms with van der Waals surface area (Å²) in [6.45, 7) is 0. The molecule has 1 aromatic heterocycles. The predicted octanol–water partition coefficient (Wildman–Crippen LogP) is 2.11. The Morgan fingerprint density at radius 2 is 2.40 bits per heavy atom. The molecule has 0 amide bonds. The van der Waals surface area contributed by atoms with E-state index in [2.05, 4.69) is 9.55 Å². The molecular formula is C12H18N2O. The Kier molecular flexibility index (Phi) is 3.19. The zero-order valence-corrected chi connectivity index (χ0v) is 9.28. The van der Waals surface area contributed by atoms with Crippen LogP contribution in [-0.4, -0.2) is 15.3 Å². The fourth-order valence-electron chi connectivity index (χ4n) is 2.31. The summed E-state index contributed by atoms with van der Waals surface area (Å²) in [7, 11) is 2.01. The second kappa shape index (κ2) is 4.60. The minimum Gasteiger partial charge on any atom is -0.338 e. The molecule has 82 valence electrons. The van der Waals surface area contributed by atoms with E-state index < -0.39 is 0 Å². The van der Waals surface area contributed by atoms with Crippen molar-refractivity contribution in [3.8, 4) is 0 Å². The standard InChI is InChI=1S/C12H18N2O/c1-14-7-6-13-12(14)9-10-4-2-3-5-11(15)8-10/h6-7,10H,2-5,8-9H2,1H3. The molecule has 0 spiro atoms. The van der Waals surface area contributed by atoms with Crippen LogP contribution in [0.5, 0.6) is 0 Å². The number of nitrogens with zero attached hydrogens (tertiary/aromatic N) is 2. The molecule has 0 aromatic carbocycles. The highest BCUT2D eigenvalue weighted by molar-refractivity contribution is 5.78. The van der Waals surface area contributed by atoms with Crippen molar-refractivity contribution < 1.29 is 4.79 Å². The Labute approximate surface area is 90.5 Å². The van der Waals surface area contributed by atoms with Gasteiger partial charge in [0.1, 0.15) is 11.6 Å². The Balaban J connectivity index is 1.98. The monoisotopic (exact) mass is 206 g/mol. The van der Waals surface area contributed by atoms with Crippen LogP contribution in [0, 0.1) is 5.92 Å². The van der Waals surface area contributed by atoms with Crippen molar-refractivity contribution in [2.24, 2.45) is 13.0 Å². The molecule has 1 aromatic rings. The first-order valence-electron chi connectivity index (χ1n) is 5.73. The molecule has 0 aliphatic heterocycles. The van der Waals surface area contributed by atoms with Gasteiger partial charge >= 0.3 is 0 Å². The molecule has 1 aliphatic carbocycles. The average molecular weight is 206 g/mol. The molecule has 1 saturated carbocycles. The highest BCUT2D eigenvalue weighted by Gasteiger charge is 2.19. The topological polar surface area (TPSA) is 34.9 Å². The fourth-order valence-corrected chi connectivity index (χ4v) is 2.31. The lowest BCUT2D eigenvalue weighted by molar-refractivity contribution is -0.119. The summed E-state index contributed by atoms with van der Waals surface area (Å²) in [5.41, 5.74) is 0. The highest BCUT2D eigenvalue weighted by atomic mass is 16.1. The smallest absolute Gasteiger partial charge is 0.133 e. The van der Waals surface area contributed by atoms with Crippen molar-refractivity contribution in [2.75, 3.05) is 0 Å². The number of ketones is 1. The van der Waals surface area contributed by atoms with Gasteiger partial charge in [0, 0.05) is 38.7 Å². The van der Waals surface area contributed by atoms with Gasteiger partial charge in [-0.05, 0) is 18.8 Å². The summed E-state index contributed by atoms with van der Waals surface area (Å²) in [5, 5.41) is 0. The van der Waals surface area contributed by atoms with Crippen molar-refractivity contribution in [2.45, 2.75) is 38.5 Å². The summed E-state index contributed by atoms with van der Waals surface area (Å²) < 4.78 is 2.05. The molecule has 0 saturated heterocycles. The molecule has 15 heavy (non-hydrogen) atoms. The van der Waals surface area contributed by atoms with Crippen LogP contribution in [0.15, 0.2) is 12.4 Å². The van der Waals surface area contributed by atoms with Crippen molar-refractivity contribution in [1.29, 1.82) is 0 Å². The lowest BCUT2D eigenvalue weighted by Gasteiger charge is -2.12. The zero-order chi connectivity index (χ0) is 10.7. The van der Waals surface area contributed by atoms with Gasteiger partial charge in [-0.1, -0.05) is 6.42 Å². The van der Waals surface area contributed by atoms with E-state index >= 15 is 0 Å². The third-order valence-electron chi connectivity index (χ3n) is 3.23. The average Bonchev–Trinajstić information content (AvgIpc) is 2.48. The van der Waals surface area contributed by atoms with Crippen LogP contribution >= 0.6 is 0 Å². The molecule has 0 bridgehead atoms. The van der Waals surface area contributed by atoms with Crippen LogP contribution in [0.1, 0.15) is 37.9 Å². The highest BCUT2D eigenvalue weighted by Crippen LogP contribution is 2.23. The largest absolute Gasteiger partial charge is 0.338 e. The van der Waals surface area contributed by atoms with Crippen LogP contribution in [0.3, 0.4) is 0 Å². The van der Waals surface area contributed by atoms with Crippen LogP contribution in [0.25, 0.3) is 0 Å². The maximum atomic E-state index is 11.5. The molecule has 3 heteroatoms. The number of aromatic nitrogens is 2. The molecule has 2 rings (SSSR count). The molecule has 1 heterocycles. The van der Waals surface area contributed by atoms with Crippen molar-refractivity contribution >= 4 is 5.78 Å². The minimum absolute atomic E-state index is 0.437. The van der Waals surface area contributed by atoms with Gasteiger partial charge in [-0.3, -0.25) is 4.79 Å². The molecule has 1 unspecified atom stereocenters. The van der Waals surface area contributed by atoms with Gasteiger partial charge in [0.15, 0.2) is 0 Å². The van der Waals surface area contributed by atoms with Crippen LogP contribution in [0.2, 0.25) is 0 Å². The third-order valence-corrected chi connectivity index (χ3v) is 3.23. The molecule has 0 N–H and O–H groups in total. The first-order valence-corrected chi connectivity index (χ1v) is 5.73. The van der Waals surface area contributed by atoms with Gasteiger partial charge < -0.3 is 4.57 Å². The number of rotatable bonds is 2. The van der Waals surface area contributed by atoms with E-state index in [1.165, 1.54) is 12.8 Å². The van der Waals surface area contributed by atoms with Gasteiger partial charge in [0.05, 0.1) is 0 Å². The van der Waals surface area contributed by atoms with Crippen LogP contribution in [0.4, 0.5) is 0 Å². The third kappa shape index (κ3) is 2.67. The van der Waals surface area contributed by atoms with E-state index in [9.17, 15) is 4.79 Å². The predicted molar refractivity (Wildman–Crippen MR) is 58.5 cm³/mol. The molecule has 1 atom stereocenters. The van der Waals surface area contributed by atoms with E-state index in [4.69, 9.17) is 0 Å². The SMILES string of the molecule is Cn1ccnc1CC1CCCCC(=O)C1. The Hall–Kier alpha value is -1.12. The fraction of sp³-hybridized carbons (Fsp3) is 0.667. The number of carbonyl (C=O) groups is 1. The number of hydrogen-bond donors (Lipinski definition) is 0. The van der Waals surface area contributed by atoms with E-state index in [1.54, 1.807) is 0 Å². The van der Waals surface area contributed by atoms with E-state index in [-0.39, 0.29) is 0 Å². The van der Waals surface area contributed by atoms with Crippen molar-refractivity contribution in [3.05, 3.63) is 18.2 Å². The second-order valence-corrected chi connectivity index (χ2v) is 4.51. The molecular weight excluding hydrogens is 188 g/mol. The van der Waals surface area contributed by atoms with Gasteiger partial charge in [0.25, 0.3) is 0 Å². The summed E-state index contributed by atoms with van der Waals surface area (Å²) in [4.78, 5) is 15.8. The second-order valence-electron chi connectivity index (χ2n) is 4.51. The zero-order valence-electron chi connectivity index (χ0n) is 9.28. The van der Waals surface area contributed by atoms with Gasteiger partial charge in [0.2, 0.25) is 0 Å². The number of Topliss-reactive ketones (excluding diaryl/α,β-unsaturated/α-hetero) is 1. The summed E-state index contributed by atoms with van der Waals surface area (Å²) >= 11 is 0. The van der Waals surface area contributed by atoms with E-state index in [0.29, 0.717) is 11.7 Å². The lowest BCUT2D eigenvalue weighted by Crippen LogP contribution is -2.11. The van der Waals surface area contributed by atoms with Crippen LogP contribution < -0.4 is 0 Å². The van der Waals surface area contributed by atoms with Gasteiger partial charge in [-0.25, -0.2) is 4.98 Å². The summed E-state index contributed by atoms with van der Waals surface area (Å²) in [6.07, 6.45) is 9.75. The molecule has 3 nitrogen and oxygen atoms in total. The summed E-state index contributed by atoms with van der Waals surface area (Å²) in [6, 6.07) is 0. The van der Waals surface area contributed by atoms with Crippen LogP contribution in [-0.2, 0) is 18.3 Å². The Bertz CT molecular complexity index is 343. The normalized spacial score (nSPS) is 22.7. The molecule has 0 radical (unpaired) electrons. The maximum absolute atomic E-state index is 11.5. The molecule has 1 fully saturated rings. The maximum Gasteiger partial charge on any atom is 0.133 e. The first kappa shape index (κ1) is 10.4. The number of imidazole rings is 1. The van der Waals surface area contributed by atoms with Crippen molar-refractivity contribution in [1.82, 2.24) is 9.55 Å². The lowest BCUT2D eigenvalue weighted by atomic mass is 9.96. The Morgan fingerprint density at radius 3 is 3.13 bits per heavy atom.